The zero-order valence-electron chi connectivity index (χ0n) is 10.3. The highest BCUT2D eigenvalue weighted by molar-refractivity contribution is 5.74. The minimum absolute atomic E-state index is 0.130. The number of rotatable bonds is 3. The average Bonchev–Trinajstić information content (AvgIpc) is 2.68. The molecule has 4 nitrogen and oxygen atoms in total. The number of imidazole rings is 1. The molecular formula is C12H18N4. The molecule has 0 amide bonds. The number of hydrogen-bond donors (Lipinski definition) is 1. The predicted molar refractivity (Wildman–Crippen MR) is 65.3 cm³/mol. The Morgan fingerprint density at radius 3 is 2.81 bits per heavy atom. The lowest BCUT2D eigenvalue weighted by Gasteiger charge is -2.24. The van der Waals surface area contributed by atoms with Crippen LogP contribution in [0, 0.1) is 0 Å². The summed E-state index contributed by atoms with van der Waals surface area (Å²) in [7, 11) is 1.96. The summed E-state index contributed by atoms with van der Waals surface area (Å²) in [5.74, 6) is 1.06. The summed E-state index contributed by atoms with van der Waals surface area (Å²) in [4.78, 5) is 8.78. The summed E-state index contributed by atoms with van der Waals surface area (Å²) in [6.45, 7) is 7.32. The van der Waals surface area contributed by atoms with Crippen LogP contribution in [0.5, 0.6) is 0 Å². The summed E-state index contributed by atoms with van der Waals surface area (Å²) in [5.41, 5.74) is 1.98. The van der Waals surface area contributed by atoms with Crippen LogP contribution in [0.3, 0.4) is 0 Å². The Balaban J connectivity index is 2.70. The number of aromatic nitrogens is 3. The number of hydrogen-bond acceptors (Lipinski definition) is 3. The van der Waals surface area contributed by atoms with Gasteiger partial charge >= 0.3 is 0 Å². The van der Waals surface area contributed by atoms with E-state index in [-0.39, 0.29) is 5.54 Å². The molecule has 0 atom stereocenters. The number of nitrogens with zero attached hydrogens (tertiary/aromatic N) is 3. The van der Waals surface area contributed by atoms with Gasteiger partial charge in [-0.15, -0.1) is 0 Å². The SMILES string of the molecule is CCn1c(C(C)(C)NC)nc2cnccc21. The van der Waals surface area contributed by atoms with Crippen molar-refractivity contribution in [2.75, 3.05) is 7.05 Å². The van der Waals surface area contributed by atoms with Gasteiger partial charge in [-0.05, 0) is 33.9 Å². The van der Waals surface area contributed by atoms with Gasteiger partial charge < -0.3 is 9.88 Å². The number of pyridine rings is 1. The molecular weight excluding hydrogens is 200 g/mol. The van der Waals surface area contributed by atoms with Crippen LogP contribution in [0.15, 0.2) is 18.5 Å². The third kappa shape index (κ3) is 1.59. The zero-order chi connectivity index (χ0) is 11.8. The molecule has 2 rings (SSSR count). The molecule has 0 bridgehead atoms. The third-order valence-electron chi connectivity index (χ3n) is 3.05. The molecule has 4 heteroatoms. The van der Waals surface area contributed by atoms with Crippen molar-refractivity contribution in [2.45, 2.75) is 32.9 Å². The van der Waals surface area contributed by atoms with Crippen molar-refractivity contribution in [3.05, 3.63) is 24.3 Å². The highest BCUT2D eigenvalue weighted by Gasteiger charge is 2.25. The fourth-order valence-corrected chi connectivity index (χ4v) is 1.89. The molecule has 0 aliphatic heterocycles. The van der Waals surface area contributed by atoms with Crippen LogP contribution in [0.1, 0.15) is 26.6 Å². The van der Waals surface area contributed by atoms with Gasteiger partial charge in [0.15, 0.2) is 0 Å². The standard InChI is InChI=1S/C12H18N4/c1-5-16-10-6-7-14-8-9(10)15-11(16)12(2,3)13-4/h6-8,13H,5H2,1-4H3. The molecule has 0 unspecified atom stereocenters. The van der Waals surface area contributed by atoms with Gasteiger partial charge in [0.25, 0.3) is 0 Å². The normalized spacial score (nSPS) is 12.2. The van der Waals surface area contributed by atoms with Crippen molar-refractivity contribution in [3.8, 4) is 0 Å². The van der Waals surface area contributed by atoms with Crippen LogP contribution in [0.4, 0.5) is 0 Å². The van der Waals surface area contributed by atoms with E-state index in [9.17, 15) is 0 Å². The highest BCUT2D eigenvalue weighted by Crippen LogP contribution is 2.23. The molecule has 0 saturated carbocycles. The lowest BCUT2D eigenvalue weighted by Crippen LogP contribution is -2.36. The molecule has 0 aromatic carbocycles. The Kier molecular flexibility index (Phi) is 2.68. The first-order valence-corrected chi connectivity index (χ1v) is 5.59. The molecule has 0 aliphatic carbocycles. The van der Waals surface area contributed by atoms with Gasteiger partial charge in [0.05, 0.1) is 17.3 Å². The Hall–Kier alpha value is -1.42. The first-order chi connectivity index (χ1) is 7.60. The molecule has 2 aromatic heterocycles. The monoisotopic (exact) mass is 218 g/mol. The van der Waals surface area contributed by atoms with Gasteiger partial charge in [-0.3, -0.25) is 4.98 Å². The quantitative estimate of drug-likeness (QED) is 0.855. The second-order valence-electron chi connectivity index (χ2n) is 4.42. The van der Waals surface area contributed by atoms with Crippen molar-refractivity contribution in [3.63, 3.8) is 0 Å². The van der Waals surface area contributed by atoms with Crippen molar-refractivity contribution < 1.29 is 0 Å². The predicted octanol–water partition coefficient (Wildman–Crippen LogP) is 1.91. The van der Waals surface area contributed by atoms with Crippen molar-refractivity contribution in [1.82, 2.24) is 19.9 Å². The van der Waals surface area contributed by atoms with E-state index in [1.165, 1.54) is 0 Å². The van der Waals surface area contributed by atoms with Gasteiger partial charge in [-0.1, -0.05) is 0 Å². The van der Waals surface area contributed by atoms with E-state index < -0.39 is 0 Å². The van der Waals surface area contributed by atoms with Crippen molar-refractivity contribution >= 4 is 11.0 Å². The molecule has 0 radical (unpaired) electrons. The maximum Gasteiger partial charge on any atom is 0.129 e. The fourth-order valence-electron chi connectivity index (χ4n) is 1.89. The lowest BCUT2D eigenvalue weighted by atomic mass is 10.1. The lowest BCUT2D eigenvalue weighted by molar-refractivity contribution is 0.400. The number of nitrogens with one attached hydrogen (secondary N) is 1. The molecule has 0 aliphatic rings. The second kappa shape index (κ2) is 3.87. The minimum Gasteiger partial charge on any atom is -0.327 e. The van der Waals surface area contributed by atoms with E-state index in [1.807, 2.05) is 25.5 Å². The highest BCUT2D eigenvalue weighted by atomic mass is 15.1. The first kappa shape index (κ1) is 11.1. The van der Waals surface area contributed by atoms with Crippen molar-refractivity contribution in [2.24, 2.45) is 0 Å². The van der Waals surface area contributed by atoms with Crippen LogP contribution in [-0.4, -0.2) is 21.6 Å². The maximum atomic E-state index is 4.66. The summed E-state index contributed by atoms with van der Waals surface area (Å²) < 4.78 is 2.23. The van der Waals surface area contributed by atoms with Crippen molar-refractivity contribution in [1.29, 1.82) is 0 Å². The zero-order valence-corrected chi connectivity index (χ0v) is 10.3. The molecule has 0 fully saturated rings. The Labute approximate surface area is 95.7 Å². The smallest absolute Gasteiger partial charge is 0.129 e. The van der Waals surface area contributed by atoms with Crippen LogP contribution in [0.25, 0.3) is 11.0 Å². The van der Waals surface area contributed by atoms with Crippen LogP contribution >= 0.6 is 0 Å². The second-order valence-corrected chi connectivity index (χ2v) is 4.42. The summed E-state index contributed by atoms with van der Waals surface area (Å²) >= 11 is 0. The fraction of sp³-hybridized carbons (Fsp3) is 0.500. The van der Waals surface area contributed by atoms with Gasteiger partial charge in [-0.2, -0.15) is 0 Å². The van der Waals surface area contributed by atoms with Crippen LogP contribution in [-0.2, 0) is 12.1 Å². The van der Waals surface area contributed by atoms with Crippen LogP contribution < -0.4 is 5.32 Å². The summed E-state index contributed by atoms with van der Waals surface area (Å²) in [6, 6.07) is 2.01. The van der Waals surface area contributed by atoms with Gasteiger partial charge in [0.1, 0.15) is 11.3 Å². The number of fused-ring (bicyclic) bond motifs is 1. The summed E-state index contributed by atoms with van der Waals surface area (Å²) in [5, 5.41) is 3.29. The van der Waals surface area contributed by atoms with Gasteiger partial charge in [0.2, 0.25) is 0 Å². The van der Waals surface area contributed by atoms with Gasteiger partial charge in [0, 0.05) is 12.7 Å². The molecule has 2 heterocycles. The topological polar surface area (TPSA) is 42.7 Å². The van der Waals surface area contributed by atoms with E-state index in [4.69, 9.17) is 0 Å². The average molecular weight is 218 g/mol. The first-order valence-electron chi connectivity index (χ1n) is 5.59. The minimum atomic E-state index is -0.130. The van der Waals surface area contributed by atoms with Gasteiger partial charge in [-0.25, -0.2) is 4.98 Å². The Bertz CT molecular complexity index is 499. The van der Waals surface area contributed by atoms with E-state index in [0.29, 0.717) is 0 Å². The third-order valence-corrected chi connectivity index (χ3v) is 3.05. The molecule has 1 N–H and O–H groups in total. The maximum absolute atomic E-state index is 4.66. The van der Waals surface area contributed by atoms with E-state index in [1.54, 1.807) is 0 Å². The largest absolute Gasteiger partial charge is 0.327 e. The van der Waals surface area contributed by atoms with Crippen LogP contribution in [0.2, 0.25) is 0 Å². The molecule has 0 spiro atoms. The molecule has 0 saturated heterocycles. The molecule has 86 valence electrons. The summed E-state index contributed by atoms with van der Waals surface area (Å²) in [6.07, 6.45) is 3.63. The van der Waals surface area contributed by atoms with E-state index >= 15 is 0 Å². The molecule has 16 heavy (non-hydrogen) atoms. The molecule has 2 aromatic rings. The Morgan fingerprint density at radius 1 is 1.44 bits per heavy atom. The van der Waals surface area contributed by atoms with E-state index in [0.717, 1.165) is 23.4 Å². The number of aryl methyl sites for hydroxylation is 1. The Morgan fingerprint density at radius 2 is 2.19 bits per heavy atom. The van der Waals surface area contributed by atoms with E-state index in [2.05, 4.69) is 40.6 Å².